The SMILES string of the molecule is C=CCNC(=O)[C@H](Cc1ccccc1)NC(=O)C(c1ccccc1)c1ccccc1. The van der Waals surface area contributed by atoms with Crippen LogP contribution < -0.4 is 10.6 Å². The lowest BCUT2D eigenvalue weighted by Crippen LogP contribution is -2.49. The van der Waals surface area contributed by atoms with E-state index in [4.69, 9.17) is 0 Å². The van der Waals surface area contributed by atoms with Gasteiger partial charge in [-0.05, 0) is 16.7 Å². The first-order valence-electron chi connectivity index (χ1n) is 10.0. The molecule has 0 aliphatic carbocycles. The van der Waals surface area contributed by atoms with Crippen LogP contribution in [-0.2, 0) is 16.0 Å². The van der Waals surface area contributed by atoms with Crippen molar-refractivity contribution in [1.29, 1.82) is 0 Å². The third kappa shape index (κ3) is 5.67. The number of nitrogens with one attached hydrogen (secondary N) is 2. The lowest BCUT2D eigenvalue weighted by atomic mass is 9.90. The van der Waals surface area contributed by atoms with Crippen LogP contribution in [0.5, 0.6) is 0 Å². The zero-order valence-electron chi connectivity index (χ0n) is 16.8. The quantitative estimate of drug-likeness (QED) is 0.538. The normalized spacial score (nSPS) is 11.5. The molecule has 0 unspecified atom stereocenters. The number of hydrogen-bond donors (Lipinski definition) is 2. The fraction of sp³-hybridized carbons (Fsp3) is 0.154. The number of rotatable bonds is 9. The summed E-state index contributed by atoms with van der Waals surface area (Å²) in [6.07, 6.45) is 2.03. The van der Waals surface area contributed by atoms with Gasteiger partial charge in [-0.3, -0.25) is 9.59 Å². The molecule has 0 saturated heterocycles. The summed E-state index contributed by atoms with van der Waals surface area (Å²) >= 11 is 0. The van der Waals surface area contributed by atoms with Crippen molar-refractivity contribution in [1.82, 2.24) is 10.6 Å². The summed E-state index contributed by atoms with van der Waals surface area (Å²) in [5.41, 5.74) is 2.74. The zero-order valence-corrected chi connectivity index (χ0v) is 16.8. The Morgan fingerprint density at radius 3 is 1.77 bits per heavy atom. The highest BCUT2D eigenvalue weighted by Gasteiger charge is 2.27. The molecule has 0 bridgehead atoms. The first kappa shape index (κ1) is 21.1. The van der Waals surface area contributed by atoms with Crippen LogP contribution in [0.3, 0.4) is 0 Å². The van der Waals surface area contributed by atoms with Crippen molar-refractivity contribution in [2.24, 2.45) is 0 Å². The van der Waals surface area contributed by atoms with Crippen molar-refractivity contribution in [2.45, 2.75) is 18.4 Å². The van der Waals surface area contributed by atoms with Crippen molar-refractivity contribution in [3.8, 4) is 0 Å². The van der Waals surface area contributed by atoms with Gasteiger partial charge in [0.15, 0.2) is 0 Å². The first-order valence-corrected chi connectivity index (χ1v) is 10.0. The van der Waals surface area contributed by atoms with Crippen LogP contribution in [0.15, 0.2) is 104 Å². The maximum atomic E-state index is 13.4. The third-order valence-electron chi connectivity index (χ3n) is 4.86. The number of carbonyl (C=O) groups excluding carboxylic acids is 2. The van der Waals surface area contributed by atoms with Crippen molar-refractivity contribution in [2.75, 3.05) is 6.54 Å². The van der Waals surface area contributed by atoms with Crippen molar-refractivity contribution in [3.63, 3.8) is 0 Å². The number of hydrogen-bond acceptors (Lipinski definition) is 2. The molecule has 0 spiro atoms. The monoisotopic (exact) mass is 398 g/mol. The van der Waals surface area contributed by atoms with Crippen LogP contribution in [0, 0.1) is 0 Å². The molecule has 2 N–H and O–H groups in total. The van der Waals surface area contributed by atoms with Gasteiger partial charge in [0.2, 0.25) is 11.8 Å². The average molecular weight is 399 g/mol. The van der Waals surface area contributed by atoms with Gasteiger partial charge in [-0.2, -0.15) is 0 Å². The Hall–Kier alpha value is -3.66. The average Bonchev–Trinajstić information content (AvgIpc) is 2.79. The van der Waals surface area contributed by atoms with E-state index in [1.807, 2.05) is 91.0 Å². The summed E-state index contributed by atoms with van der Waals surface area (Å²) < 4.78 is 0. The van der Waals surface area contributed by atoms with Gasteiger partial charge in [0.25, 0.3) is 0 Å². The molecule has 0 radical (unpaired) electrons. The Bertz CT molecular complexity index is 917. The smallest absolute Gasteiger partial charge is 0.243 e. The van der Waals surface area contributed by atoms with Crippen LogP contribution in [0.2, 0.25) is 0 Å². The van der Waals surface area contributed by atoms with Gasteiger partial charge in [0.1, 0.15) is 6.04 Å². The van der Waals surface area contributed by atoms with Crippen molar-refractivity contribution >= 4 is 11.8 Å². The highest BCUT2D eigenvalue weighted by atomic mass is 16.2. The molecule has 1 atom stereocenters. The van der Waals surface area contributed by atoms with E-state index in [9.17, 15) is 9.59 Å². The van der Waals surface area contributed by atoms with E-state index in [0.717, 1.165) is 16.7 Å². The van der Waals surface area contributed by atoms with Gasteiger partial charge in [0.05, 0.1) is 5.92 Å². The summed E-state index contributed by atoms with van der Waals surface area (Å²) in [5, 5.41) is 5.79. The Morgan fingerprint density at radius 2 is 1.27 bits per heavy atom. The summed E-state index contributed by atoms with van der Waals surface area (Å²) in [7, 11) is 0. The molecule has 30 heavy (non-hydrogen) atoms. The second-order valence-electron chi connectivity index (χ2n) is 7.04. The van der Waals surface area contributed by atoms with E-state index in [-0.39, 0.29) is 11.8 Å². The predicted molar refractivity (Wildman–Crippen MR) is 120 cm³/mol. The molecule has 0 aliphatic rings. The molecule has 0 fully saturated rings. The van der Waals surface area contributed by atoms with Gasteiger partial charge < -0.3 is 10.6 Å². The Labute approximate surface area is 177 Å². The molecule has 152 valence electrons. The largest absolute Gasteiger partial charge is 0.351 e. The molecule has 3 rings (SSSR count). The summed E-state index contributed by atoms with van der Waals surface area (Å²) in [6.45, 7) is 3.99. The van der Waals surface area contributed by atoms with Gasteiger partial charge in [-0.1, -0.05) is 97.1 Å². The third-order valence-corrected chi connectivity index (χ3v) is 4.86. The van der Waals surface area contributed by atoms with Crippen LogP contribution in [-0.4, -0.2) is 24.4 Å². The van der Waals surface area contributed by atoms with Crippen molar-refractivity contribution < 1.29 is 9.59 Å². The fourth-order valence-corrected chi connectivity index (χ4v) is 3.40. The maximum Gasteiger partial charge on any atom is 0.243 e. The molecular weight excluding hydrogens is 372 g/mol. The van der Waals surface area contributed by atoms with Gasteiger partial charge in [-0.25, -0.2) is 0 Å². The Morgan fingerprint density at radius 1 is 0.767 bits per heavy atom. The minimum atomic E-state index is -0.685. The van der Waals surface area contributed by atoms with E-state index in [1.165, 1.54) is 0 Å². The van der Waals surface area contributed by atoms with E-state index >= 15 is 0 Å². The highest BCUT2D eigenvalue weighted by molar-refractivity contribution is 5.92. The molecule has 0 heterocycles. The lowest BCUT2D eigenvalue weighted by Gasteiger charge is -2.23. The topological polar surface area (TPSA) is 58.2 Å². The lowest BCUT2D eigenvalue weighted by molar-refractivity contribution is -0.129. The fourth-order valence-electron chi connectivity index (χ4n) is 3.40. The first-order chi connectivity index (χ1) is 14.7. The zero-order chi connectivity index (χ0) is 21.2. The predicted octanol–water partition coefficient (Wildman–Crippen LogP) is 3.85. The molecule has 0 aliphatic heterocycles. The molecule has 4 nitrogen and oxygen atoms in total. The highest BCUT2D eigenvalue weighted by Crippen LogP contribution is 2.25. The number of amides is 2. The molecular formula is C26H26N2O2. The standard InChI is InChI=1S/C26H26N2O2/c1-2-18-27-25(29)23(19-20-12-6-3-7-13-20)28-26(30)24(21-14-8-4-9-15-21)22-16-10-5-11-17-22/h2-17,23-24H,1,18-19H2,(H,27,29)(H,28,30)/t23-/m0/s1. The minimum Gasteiger partial charge on any atom is -0.351 e. The van der Waals surface area contributed by atoms with Crippen LogP contribution in [0.4, 0.5) is 0 Å². The minimum absolute atomic E-state index is 0.206. The van der Waals surface area contributed by atoms with Crippen LogP contribution in [0.1, 0.15) is 22.6 Å². The number of carbonyl (C=O) groups is 2. The molecule has 2 amide bonds. The van der Waals surface area contributed by atoms with E-state index in [2.05, 4.69) is 17.2 Å². The Kier molecular flexibility index (Phi) is 7.56. The molecule has 0 aromatic heterocycles. The van der Waals surface area contributed by atoms with E-state index in [1.54, 1.807) is 6.08 Å². The van der Waals surface area contributed by atoms with E-state index < -0.39 is 12.0 Å². The molecule has 3 aromatic carbocycles. The molecule has 0 saturated carbocycles. The Balaban J connectivity index is 1.87. The molecule has 3 aromatic rings. The van der Waals surface area contributed by atoms with Crippen molar-refractivity contribution in [3.05, 3.63) is 120 Å². The van der Waals surface area contributed by atoms with Gasteiger partial charge >= 0.3 is 0 Å². The second-order valence-corrected chi connectivity index (χ2v) is 7.04. The van der Waals surface area contributed by atoms with Gasteiger partial charge in [0, 0.05) is 13.0 Å². The molecule has 4 heteroatoms. The van der Waals surface area contributed by atoms with Gasteiger partial charge in [-0.15, -0.1) is 6.58 Å². The summed E-state index contributed by atoms with van der Waals surface area (Å²) in [5.74, 6) is -0.938. The second kappa shape index (κ2) is 10.8. The number of benzene rings is 3. The van der Waals surface area contributed by atoms with Crippen LogP contribution in [0.25, 0.3) is 0 Å². The maximum absolute atomic E-state index is 13.4. The summed E-state index contributed by atoms with van der Waals surface area (Å²) in [6, 6.07) is 28.2. The van der Waals surface area contributed by atoms with Crippen LogP contribution >= 0.6 is 0 Å². The summed E-state index contributed by atoms with van der Waals surface area (Å²) in [4.78, 5) is 26.2. The van der Waals surface area contributed by atoms with E-state index in [0.29, 0.717) is 13.0 Å².